The van der Waals surface area contributed by atoms with Crippen LogP contribution in [0.4, 0.5) is 14.9 Å². The van der Waals surface area contributed by atoms with E-state index in [1.807, 2.05) is 0 Å². The number of amides is 2. The molecule has 102 valence electrons. The Bertz CT molecular complexity index is 475. The SMILES string of the molecule is O=C(Nc1ccc(F)cc1)[C@H]1CCCN(C(=O)O)C1. The average molecular weight is 266 g/mol. The van der Waals surface area contributed by atoms with E-state index in [0.717, 1.165) is 0 Å². The van der Waals surface area contributed by atoms with Gasteiger partial charge in [-0.05, 0) is 37.1 Å². The number of nitrogens with zero attached hydrogens (tertiary/aromatic N) is 1. The van der Waals surface area contributed by atoms with Crippen LogP contribution >= 0.6 is 0 Å². The number of likely N-dealkylation sites (tertiary alicyclic amines) is 1. The third-order valence-corrected chi connectivity index (χ3v) is 3.17. The van der Waals surface area contributed by atoms with Crippen molar-refractivity contribution in [1.82, 2.24) is 4.90 Å². The monoisotopic (exact) mass is 266 g/mol. The number of piperidine rings is 1. The molecular weight excluding hydrogens is 251 g/mol. The molecule has 1 aliphatic heterocycles. The van der Waals surface area contributed by atoms with Gasteiger partial charge in [-0.1, -0.05) is 0 Å². The Kier molecular flexibility index (Phi) is 3.99. The molecule has 0 bridgehead atoms. The van der Waals surface area contributed by atoms with Gasteiger partial charge in [0.2, 0.25) is 5.91 Å². The molecule has 0 saturated carbocycles. The molecule has 19 heavy (non-hydrogen) atoms. The maximum absolute atomic E-state index is 12.7. The molecule has 1 aromatic rings. The lowest BCUT2D eigenvalue weighted by Crippen LogP contribution is -2.43. The van der Waals surface area contributed by atoms with E-state index in [-0.39, 0.29) is 24.2 Å². The van der Waals surface area contributed by atoms with E-state index in [2.05, 4.69) is 5.32 Å². The molecule has 1 aromatic carbocycles. The molecule has 1 heterocycles. The van der Waals surface area contributed by atoms with Crippen molar-refractivity contribution in [3.05, 3.63) is 30.1 Å². The lowest BCUT2D eigenvalue weighted by Gasteiger charge is -2.29. The van der Waals surface area contributed by atoms with Gasteiger partial charge in [0.25, 0.3) is 0 Å². The minimum Gasteiger partial charge on any atom is -0.465 e. The highest BCUT2D eigenvalue weighted by Gasteiger charge is 2.28. The van der Waals surface area contributed by atoms with Gasteiger partial charge >= 0.3 is 6.09 Å². The number of anilines is 1. The molecule has 2 amide bonds. The van der Waals surface area contributed by atoms with Crippen LogP contribution in [0.2, 0.25) is 0 Å². The summed E-state index contributed by atoms with van der Waals surface area (Å²) >= 11 is 0. The molecule has 0 unspecified atom stereocenters. The first-order valence-electron chi connectivity index (χ1n) is 6.10. The van der Waals surface area contributed by atoms with Crippen molar-refractivity contribution in [3.63, 3.8) is 0 Å². The van der Waals surface area contributed by atoms with Crippen molar-refractivity contribution in [1.29, 1.82) is 0 Å². The maximum atomic E-state index is 12.7. The molecule has 0 radical (unpaired) electrons. The summed E-state index contributed by atoms with van der Waals surface area (Å²) < 4.78 is 12.7. The summed E-state index contributed by atoms with van der Waals surface area (Å²) in [5.41, 5.74) is 0.513. The summed E-state index contributed by atoms with van der Waals surface area (Å²) in [6.45, 7) is 0.679. The lowest BCUT2D eigenvalue weighted by atomic mass is 9.97. The highest BCUT2D eigenvalue weighted by Crippen LogP contribution is 2.19. The van der Waals surface area contributed by atoms with Gasteiger partial charge in [0, 0.05) is 18.8 Å². The molecule has 0 aliphatic carbocycles. The largest absolute Gasteiger partial charge is 0.465 e. The highest BCUT2D eigenvalue weighted by atomic mass is 19.1. The van der Waals surface area contributed by atoms with Crippen molar-refractivity contribution in [2.24, 2.45) is 5.92 Å². The summed E-state index contributed by atoms with van der Waals surface area (Å²) in [5, 5.41) is 11.6. The zero-order valence-corrected chi connectivity index (χ0v) is 10.3. The highest BCUT2D eigenvalue weighted by molar-refractivity contribution is 5.93. The molecule has 2 rings (SSSR count). The Labute approximate surface area is 110 Å². The molecule has 0 aromatic heterocycles. The second-order valence-corrected chi connectivity index (χ2v) is 4.56. The Morgan fingerprint density at radius 3 is 2.63 bits per heavy atom. The number of hydrogen-bond acceptors (Lipinski definition) is 2. The number of carbonyl (C=O) groups is 2. The average Bonchev–Trinajstić information content (AvgIpc) is 2.41. The Morgan fingerprint density at radius 1 is 1.32 bits per heavy atom. The van der Waals surface area contributed by atoms with Crippen molar-refractivity contribution >= 4 is 17.7 Å². The van der Waals surface area contributed by atoms with E-state index in [9.17, 15) is 14.0 Å². The number of benzene rings is 1. The minimum atomic E-state index is -1.00. The van der Waals surface area contributed by atoms with Crippen LogP contribution in [-0.4, -0.2) is 35.1 Å². The predicted molar refractivity (Wildman–Crippen MR) is 67.4 cm³/mol. The number of hydrogen-bond donors (Lipinski definition) is 2. The summed E-state index contributed by atoms with van der Waals surface area (Å²) in [7, 11) is 0. The second kappa shape index (κ2) is 5.69. The van der Waals surface area contributed by atoms with Crippen LogP contribution in [-0.2, 0) is 4.79 Å². The van der Waals surface area contributed by atoms with Gasteiger partial charge in [-0.2, -0.15) is 0 Å². The zero-order chi connectivity index (χ0) is 13.8. The van der Waals surface area contributed by atoms with E-state index >= 15 is 0 Å². The molecule has 1 saturated heterocycles. The van der Waals surface area contributed by atoms with Gasteiger partial charge in [0.15, 0.2) is 0 Å². The van der Waals surface area contributed by atoms with Crippen LogP contribution in [0.3, 0.4) is 0 Å². The van der Waals surface area contributed by atoms with Gasteiger partial charge in [-0.15, -0.1) is 0 Å². The quantitative estimate of drug-likeness (QED) is 0.861. The van der Waals surface area contributed by atoms with Gasteiger partial charge in [0.1, 0.15) is 5.82 Å². The Balaban J connectivity index is 1.96. The molecular formula is C13H15FN2O3. The summed E-state index contributed by atoms with van der Waals surface area (Å²) in [5.74, 6) is -0.944. The topological polar surface area (TPSA) is 69.6 Å². The third-order valence-electron chi connectivity index (χ3n) is 3.17. The number of rotatable bonds is 2. The summed E-state index contributed by atoms with van der Waals surface area (Å²) in [6.07, 6.45) is 0.337. The molecule has 0 spiro atoms. The van der Waals surface area contributed by atoms with Crippen LogP contribution in [0.25, 0.3) is 0 Å². The molecule has 1 fully saturated rings. The van der Waals surface area contributed by atoms with Crippen LogP contribution in [0.5, 0.6) is 0 Å². The van der Waals surface area contributed by atoms with Gasteiger partial charge in [-0.3, -0.25) is 4.79 Å². The van der Waals surface area contributed by atoms with Gasteiger partial charge < -0.3 is 15.3 Å². The van der Waals surface area contributed by atoms with E-state index in [4.69, 9.17) is 5.11 Å². The Hall–Kier alpha value is -2.11. The van der Waals surface area contributed by atoms with Gasteiger partial charge in [0.05, 0.1) is 5.92 Å². The van der Waals surface area contributed by atoms with Crippen LogP contribution < -0.4 is 5.32 Å². The van der Waals surface area contributed by atoms with E-state index in [1.54, 1.807) is 0 Å². The number of halogens is 1. The number of nitrogens with one attached hydrogen (secondary N) is 1. The first kappa shape index (κ1) is 13.3. The predicted octanol–water partition coefficient (Wildman–Crippen LogP) is 2.15. The van der Waals surface area contributed by atoms with E-state index in [1.165, 1.54) is 29.2 Å². The fourth-order valence-electron chi connectivity index (χ4n) is 2.14. The molecule has 1 aliphatic rings. The number of carbonyl (C=O) groups excluding carboxylic acids is 1. The minimum absolute atomic E-state index is 0.211. The first-order valence-corrected chi connectivity index (χ1v) is 6.10. The summed E-state index contributed by atoms with van der Waals surface area (Å²) in [4.78, 5) is 24.1. The first-order chi connectivity index (χ1) is 9.06. The number of carboxylic acid groups (broad SMARTS) is 1. The smallest absolute Gasteiger partial charge is 0.407 e. The van der Waals surface area contributed by atoms with E-state index < -0.39 is 6.09 Å². The lowest BCUT2D eigenvalue weighted by molar-refractivity contribution is -0.121. The third kappa shape index (κ3) is 3.43. The molecule has 5 nitrogen and oxygen atoms in total. The molecule has 2 N–H and O–H groups in total. The fourth-order valence-corrected chi connectivity index (χ4v) is 2.14. The second-order valence-electron chi connectivity index (χ2n) is 4.56. The van der Waals surface area contributed by atoms with E-state index in [0.29, 0.717) is 25.1 Å². The fraction of sp³-hybridized carbons (Fsp3) is 0.385. The maximum Gasteiger partial charge on any atom is 0.407 e. The van der Waals surface area contributed by atoms with Crippen molar-refractivity contribution in [2.75, 3.05) is 18.4 Å². The zero-order valence-electron chi connectivity index (χ0n) is 10.3. The van der Waals surface area contributed by atoms with Crippen molar-refractivity contribution in [3.8, 4) is 0 Å². The normalized spacial score (nSPS) is 19.0. The van der Waals surface area contributed by atoms with Crippen molar-refractivity contribution in [2.45, 2.75) is 12.8 Å². The van der Waals surface area contributed by atoms with Crippen LogP contribution in [0, 0.1) is 11.7 Å². The Morgan fingerprint density at radius 2 is 2.00 bits per heavy atom. The summed E-state index contributed by atoms with van der Waals surface area (Å²) in [6, 6.07) is 5.48. The van der Waals surface area contributed by atoms with Gasteiger partial charge in [-0.25, -0.2) is 9.18 Å². The molecule has 6 heteroatoms. The molecule has 1 atom stereocenters. The van der Waals surface area contributed by atoms with Crippen LogP contribution in [0.1, 0.15) is 12.8 Å². The van der Waals surface area contributed by atoms with Crippen molar-refractivity contribution < 1.29 is 19.1 Å². The van der Waals surface area contributed by atoms with Crippen LogP contribution in [0.15, 0.2) is 24.3 Å². The standard InChI is InChI=1S/C13H15FN2O3/c14-10-3-5-11(6-4-10)15-12(17)9-2-1-7-16(8-9)13(18)19/h3-6,9H,1-2,7-8H2,(H,15,17)(H,18,19)/t9-/m0/s1.